The second-order valence-electron chi connectivity index (χ2n) is 3.74. The van der Waals surface area contributed by atoms with Crippen molar-refractivity contribution in [2.45, 2.75) is 0 Å². The summed E-state index contributed by atoms with van der Waals surface area (Å²) in [6.07, 6.45) is 2.20. The molecule has 1 rings (SSSR count). The van der Waals surface area contributed by atoms with Crippen LogP contribution in [0.2, 0.25) is 0 Å². The second kappa shape index (κ2) is 8.73. The maximum absolute atomic E-state index is 11.5. The number of benzene rings is 1. The van der Waals surface area contributed by atoms with E-state index in [4.69, 9.17) is 4.74 Å². The lowest BCUT2D eigenvalue weighted by molar-refractivity contribution is -0.150. The fourth-order valence-corrected chi connectivity index (χ4v) is 1.62. The molecule has 0 aliphatic heterocycles. The molecule has 0 spiro atoms. The highest BCUT2D eigenvalue weighted by Gasteiger charge is 2.11. The maximum Gasteiger partial charge on any atom is 0.349 e. The number of hydrogen-bond donors (Lipinski definition) is 0. The topological polar surface area (TPSA) is 96.0 Å². The molecule has 8 heteroatoms. The van der Waals surface area contributed by atoms with E-state index in [0.717, 1.165) is 19.3 Å². The first kappa shape index (κ1) is 17.6. The van der Waals surface area contributed by atoms with E-state index in [1.54, 1.807) is 6.07 Å². The van der Waals surface area contributed by atoms with Gasteiger partial charge in [-0.25, -0.2) is 14.4 Å². The lowest BCUT2D eigenvalue weighted by atomic mass is 10.2. The van der Waals surface area contributed by atoms with Crippen LogP contribution in [0.15, 0.2) is 34.8 Å². The van der Waals surface area contributed by atoms with Crippen LogP contribution in [0.1, 0.15) is 10.4 Å². The largest absolute Gasteiger partial charge is 0.466 e. The van der Waals surface area contributed by atoms with Crippen LogP contribution in [0.3, 0.4) is 0 Å². The molecule has 7 nitrogen and oxygen atoms in total. The Morgan fingerprint density at radius 2 is 1.86 bits per heavy atom. The molecule has 0 amide bonds. The summed E-state index contributed by atoms with van der Waals surface area (Å²) in [5.41, 5.74) is 0.166. The van der Waals surface area contributed by atoms with E-state index in [2.05, 4.69) is 25.4 Å². The summed E-state index contributed by atoms with van der Waals surface area (Å²) in [6.45, 7) is -0.668. The third-order valence-electron chi connectivity index (χ3n) is 2.21. The van der Waals surface area contributed by atoms with E-state index in [1.807, 2.05) is 0 Å². The van der Waals surface area contributed by atoms with Crippen molar-refractivity contribution in [3.63, 3.8) is 0 Å². The van der Waals surface area contributed by atoms with Crippen molar-refractivity contribution in [2.75, 3.05) is 13.7 Å². The van der Waals surface area contributed by atoms with Crippen LogP contribution in [-0.4, -0.2) is 37.9 Å². The highest BCUT2D eigenvalue weighted by atomic mass is 79.9. The fourth-order valence-electron chi connectivity index (χ4n) is 1.24. The summed E-state index contributed by atoms with van der Waals surface area (Å²) in [7, 11) is 1.15. The van der Waals surface area contributed by atoms with Crippen molar-refractivity contribution in [3.8, 4) is 5.75 Å². The summed E-state index contributed by atoms with van der Waals surface area (Å²) < 4.78 is 14.4. The molecule has 1 aromatic rings. The van der Waals surface area contributed by atoms with E-state index in [1.165, 1.54) is 12.1 Å². The van der Waals surface area contributed by atoms with Crippen LogP contribution in [0.5, 0.6) is 5.75 Å². The van der Waals surface area contributed by atoms with Gasteiger partial charge in [0.25, 0.3) is 0 Å². The third-order valence-corrected chi connectivity index (χ3v) is 2.70. The molecule has 0 saturated heterocycles. The van der Waals surface area contributed by atoms with Crippen molar-refractivity contribution in [1.29, 1.82) is 0 Å². The lowest BCUT2D eigenvalue weighted by Crippen LogP contribution is -2.18. The van der Waals surface area contributed by atoms with Crippen molar-refractivity contribution in [1.82, 2.24) is 0 Å². The van der Waals surface area contributed by atoms with Gasteiger partial charge in [-0.1, -0.05) is 15.9 Å². The van der Waals surface area contributed by atoms with E-state index >= 15 is 0 Å². The normalized spacial score (nSPS) is 10.1. The highest BCUT2D eigenvalue weighted by Crippen LogP contribution is 2.21. The summed E-state index contributed by atoms with van der Waals surface area (Å²) in [5, 5.41) is 0. The number of ether oxygens (including phenoxy) is 3. The SMILES string of the molecule is COC(=O)/C=C/C(=O)OCC(=O)Oc1ccc(Br)cc1C=O. The molecule has 116 valence electrons. The second-order valence-corrected chi connectivity index (χ2v) is 4.65. The van der Waals surface area contributed by atoms with Gasteiger partial charge >= 0.3 is 17.9 Å². The first-order valence-corrected chi connectivity index (χ1v) is 6.63. The molecule has 0 fully saturated rings. The van der Waals surface area contributed by atoms with Gasteiger partial charge in [-0.3, -0.25) is 4.79 Å². The number of hydrogen-bond acceptors (Lipinski definition) is 7. The van der Waals surface area contributed by atoms with Gasteiger partial charge < -0.3 is 14.2 Å². The number of carbonyl (C=O) groups is 4. The van der Waals surface area contributed by atoms with Crippen molar-refractivity contribution in [2.24, 2.45) is 0 Å². The van der Waals surface area contributed by atoms with Crippen LogP contribution in [0, 0.1) is 0 Å². The van der Waals surface area contributed by atoms with Crippen LogP contribution in [0.4, 0.5) is 0 Å². The Hall–Kier alpha value is -2.48. The Labute approximate surface area is 134 Å². The molecule has 0 unspecified atom stereocenters. The first-order valence-electron chi connectivity index (χ1n) is 5.84. The molecule has 0 heterocycles. The van der Waals surface area contributed by atoms with E-state index in [0.29, 0.717) is 10.8 Å². The van der Waals surface area contributed by atoms with E-state index in [9.17, 15) is 19.2 Å². The van der Waals surface area contributed by atoms with Crippen LogP contribution < -0.4 is 4.74 Å². The number of esters is 3. The molecule has 0 saturated carbocycles. The number of aldehydes is 1. The van der Waals surface area contributed by atoms with E-state index in [-0.39, 0.29) is 11.3 Å². The van der Waals surface area contributed by atoms with Gasteiger partial charge in [0.05, 0.1) is 12.7 Å². The highest BCUT2D eigenvalue weighted by molar-refractivity contribution is 9.10. The zero-order chi connectivity index (χ0) is 16.5. The quantitative estimate of drug-likeness (QED) is 0.323. The minimum atomic E-state index is -0.909. The molecule has 0 aliphatic rings. The fraction of sp³-hybridized carbons (Fsp3) is 0.143. The molecule has 22 heavy (non-hydrogen) atoms. The van der Waals surface area contributed by atoms with Gasteiger partial charge in [-0.2, -0.15) is 0 Å². The summed E-state index contributed by atoms with van der Waals surface area (Å²) in [4.78, 5) is 44.3. The molecule has 0 atom stereocenters. The summed E-state index contributed by atoms with van der Waals surface area (Å²) >= 11 is 3.17. The Morgan fingerprint density at radius 3 is 2.50 bits per heavy atom. The van der Waals surface area contributed by atoms with Crippen LogP contribution >= 0.6 is 15.9 Å². The monoisotopic (exact) mass is 370 g/mol. The molecule has 0 radical (unpaired) electrons. The minimum absolute atomic E-state index is 0.0457. The lowest BCUT2D eigenvalue weighted by Gasteiger charge is -2.07. The minimum Gasteiger partial charge on any atom is -0.466 e. The van der Waals surface area contributed by atoms with Gasteiger partial charge in [0.2, 0.25) is 0 Å². The Kier molecular flexibility index (Phi) is 6.97. The smallest absolute Gasteiger partial charge is 0.349 e. The molecule has 0 aromatic heterocycles. The van der Waals surface area contributed by atoms with Crippen molar-refractivity contribution in [3.05, 3.63) is 40.4 Å². The maximum atomic E-state index is 11.5. The predicted molar refractivity (Wildman–Crippen MR) is 77.3 cm³/mol. The van der Waals surface area contributed by atoms with Crippen LogP contribution in [-0.2, 0) is 23.9 Å². The number of halogens is 1. The Bertz CT molecular complexity index is 622. The molecular formula is C14H11BrO7. The predicted octanol–water partition coefficient (Wildman–Crippen LogP) is 1.44. The average Bonchev–Trinajstić information content (AvgIpc) is 2.52. The summed E-state index contributed by atoms with van der Waals surface area (Å²) in [6, 6.07) is 4.48. The molecule has 0 aliphatic carbocycles. The average molecular weight is 371 g/mol. The number of carbonyl (C=O) groups excluding carboxylic acids is 4. The number of rotatable bonds is 6. The first-order chi connectivity index (χ1) is 10.5. The standard InChI is InChI=1S/C14H11BrO7/c1-20-12(17)4-5-13(18)21-8-14(19)22-11-3-2-10(15)6-9(11)7-16/h2-7H,8H2,1H3/b5-4+. The molecule has 1 aromatic carbocycles. The molecule has 0 bridgehead atoms. The van der Waals surface area contributed by atoms with Crippen molar-refractivity contribution >= 4 is 40.1 Å². The Morgan fingerprint density at radius 1 is 1.18 bits per heavy atom. The van der Waals surface area contributed by atoms with Gasteiger partial charge in [0.15, 0.2) is 12.9 Å². The van der Waals surface area contributed by atoms with Gasteiger partial charge in [0, 0.05) is 16.6 Å². The van der Waals surface area contributed by atoms with Gasteiger partial charge in [-0.05, 0) is 18.2 Å². The summed E-state index contributed by atoms with van der Waals surface area (Å²) in [5.74, 6) is -2.46. The van der Waals surface area contributed by atoms with E-state index < -0.39 is 24.5 Å². The van der Waals surface area contributed by atoms with Crippen molar-refractivity contribution < 1.29 is 33.4 Å². The third kappa shape index (κ3) is 5.88. The van der Waals surface area contributed by atoms with Gasteiger partial charge in [-0.15, -0.1) is 0 Å². The zero-order valence-corrected chi connectivity index (χ0v) is 13.0. The molecular weight excluding hydrogens is 360 g/mol. The van der Waals surface area contributed by atoms with Gasteiger partial charge in [0.1, 0.15) is 5.75 Å². The Balaban J connectivity index is 2.54. The van der Waals surface area contributed by atoms with Crippen LogP contribution in [0.25, 0.3) is 0 Å². The molecule has 0 N–H and O–H groups in total. The zero-order valence-electron chi connectivity index (χ0n) is 11.4. The number of methoxy groups -OCH3 is 1.